The number of fused-ring (bicyclic) bond motifs is 3. The van der Waals surface area contributed by atoms with Crippen LogP contribution in [0.15, 0.2) is 59.7 Å². The summed E-state index contributed by atoms with van der Waals surface area (Å²) in [6.45, 7) is 2.93. The minimum absolute atomic E-state index is 0.271. The maximum Gasteiger partial charge on any atom is 0.328 e. The number of carbonyl (C=O) groups is 3. The molecule has 0 N–H and O–H groups in total. The van der Waals surface area contributed by atoms with Gasteiger partial charge in [0, 0.05) is 24.9 Å². The normalized spacial score (nSPS) is 21.7. The molecule has 0 spiro atoms. The minimum atomic E-state index is -0.882. The number of ketones is 1. The molecule has 2 aromatic rings. The molecule has 3 aliphatic heterocycles. The third-order valence-electron chi connectivity index (χ3n) is 6.83. The Balaban J connectivity index is 1.66. The van der Waals surface area contributed by atoms with Crippen LogP contribution in [0.5, 0.6) is 11.5 Å². The molecule has 3 unspecified atom stereocenters. The highest BCUT2D eigenvalue weighted by Crippen LogP contribution is 2.44. The Labute approximate surface area is 209 Å². The first-order valence-electron chi connectivity index (χ1n) is 11.5. The summed E-state index contributed by atoms with van der Waals surface area (Å²) in [4.78, 5) is 49.9. The average molecular weight is 490 g/mol. The molecule has 3 aliphatic rings. The molecule has 3 heterocycles. The lowest BCUT2D eigenvalue weighted by atomic mass is 10.1. The van der Waals surface area contributed by atoms with Crippen LogP contribution in [0.3, 0.4) is 0 Å². The van der Waals surface area contributed by atoms with Crippen molar-refractivity contribution < 1.29 is 23.9 Å². The number of hydrogen-bond acceptors (Lipinski definition) is 8. The third-order valence-corrected chi connectivity index (χ3v) is 6.83. The van der Waals surface area contributed by atoms with E-state index in [9.17, 15) is 14.4 Å². The van der Waals surface area contributed by atoms with Crippen LogP contribution >= 0.6 is 0 Å². The van der Waals surface area contributed by atoms with Crippen molar-refractivity contribution >= 4 is 35.1 Å². The second kappa shape index (κ2) is 8.71. The van der Waals surface area contributed by atoms with Crippen molar-refractivity contribution in [3.8, 4) is 11.5 Å². The van der Waals surface area contributed by atoms with Crippen LogP contribution in [0.25, 0.3) is 5.70 Å². The van der Waals surface area contributed by atoms with Crippen molar-refractivity contribution in [3.63, 3.8) is 0 Å². The summed E-state index contributed by atoms with van der Waals surface area (Å²) in [6, 6.07) is 12.9. The van der Waals surface area contributed by atoms with Crippen LogP contribution in [0, 0.1) is 0 Å². The van der Waals surface area contributed by atoms with Gasteiger partial charge in [-0.15, -0.1) is 0 Å². The average Bonchev–Trinajstić information content (AvgIpc) is 3.44. The highest BCUT2D eigenvalue weighted by atomic mass is 16.5. The molecular formula is C26H27N5O5. The smallest absolute Gasteiger partial charge is 0.328 e. The molecule has 0 aromatic heterocycles. The first kappa shape index (κ1) is 23.4. The van der Waals surface area contributed by atoms with Gasteiger partial charge in [-0.3, -0.25) is 24.3 Å². The number of likely N-dealkylation sites (N-methyl/N-ethyl adjacent to an activating group) is 1. The predicted octanol–water partition coefficient (Wildman–Crippen LogP) is 2.76. The monoisotopic (exact) mass is 489 g/mol. The van der Waals surface area contributed by atoms with Gasteiger partial charge in [0.05, 0.1) is 31.6 Å². The number of anilines is 1. The number of hydrogen-bond donors (Lipinski definition) is 0. The number of guanidine groups is 1. The van der Waals surface area contributed by atoms with E-state index < -0.39 is 30.2 Å². The van der Waals surface area contributed by atoms with Gasteiger partial charge in [0.1, 0.15) is 11.5 Å². The standard InChI is InChI=1S/C26H27N5O5/c1-15(16(2)32)30-24(33)22-23(28(3)26(30)34)27-25-29(22)14-20(17-9-7-6-8-10-17)31(25)19-13-18(35-4)11-12-21(19)36-5/h6-15,22-23H,1-5H3. The number of ether oxygens (including phenoxy) is 2. The molecular weight excluding hydrogens is 462 g/mol. The number of Topliss-reactive ketones (excluding diaryl/α,β-unsaturated/α-hetero) is 1. The fraction of sp³-hybridized carbons (Fsp3) is 0.308. The molecule has 10 heteroatoms. The molecule has 10 nitrogen and oxygen atoms in total. The van der Waals surface area contributed by atoms with Crippen molar-refractivity contribution in [1.82, 2.24) is 14.7 Å². The summed E-state index contributed by atoms with van der Waals surface area (Å²) in [6.07, 6.45) is 1.11. The lowest BCUT2D eigenvalue weighted by Crippen LogP contribution is -2.66. The first-order chi connectivity index (χ1) is 17.3. The Morgan fingerprint density at radius 3 is 2.42 bits per heavy atom. The number of rotatable bonds is 6. The molecule has 2 aromatic carbocycles. The van der Waals surface area contributed by atoms with Crippen molar-refractivity contribution in [1.29, 1.82) is 0 Å². The fourth-order valence-electron chi connectivity index (χ4n) is 4.76. The van der Waals surface area contributed by atoms with E-state index in [1.54, 1.807) is 45.2 Å². The van der Waals surface area contributed by atoms with Crippen molar-refractivity contribution in [3.05, 3.63) is 60.3 Å². The van der Waals surface area contributed by atoms with E-state index in [-0.39, 0.29) is 5.78 Å². The summed E-state index contributed by atoms with van der Waals surface area (Å²) in [5, 5.41) is 0. The van der Waals surface area contributed by atoms with Gasteiger partial charge in [-0.1, -0.05) is 30.3 Å². The van der Waals surface area contributed by atoms with Crippen LogP contribution in [-0.2, 0) is 9.59 Å². The second-order valence-electron chi connectivity index (χ2n) is 8.84. The highest BCUT2D eigenvalue weighted by Gasteiger charge is 2.56. The van der Waals surface area contributed by atoms with Gasteiger partial charge in [0.15, 0.2) is 18.0 Å². The van der Waals surface area contributed by atoms with Crippen molar-refractivity contribution in [2.24, 2.45) is 4.99 Å². The molecule has 0 aliphatic carbocycles. The number of benzene rings is 2. The number of imide groups is 1. The van der Waals surface area contributed by atoms with E-state index in [1.165, 1.54) is 11.8 Å². The van der Waals surface area contributed by atoms with Crippen LogP contribution in [0.1, 0.15) is 19.4 Å². The summed E-state index contributed by atoms with van der Waals surface area (Å²) in [7, 11) is 4.76. The molecule has 5 rings (SSSR count). The Kier molecular flexibility index (Phi) is 5.66. The van der Waals surface area contributed by atoms with E-state index in [0.29, 0.717) is 23.1 Å². The quantitative estimate of drug-likeness (QED) is 0.616. The van der Waals surface area contributed by atoms with Crippen LogP contribution in [0.4, 0.5) is 10.5 Å². The van der Waals surface area contributed by atoms with Gasteiger partial charge in [0.2, 0.25) is 5.96 Å². The SMILES string of the molecule is COc1ccc(OC)c(N2C(c3ccccc3)=CN3C2=NC2C3C(=O)N(C(C)C(C)=O)C(=O)N2C)c1. The molecule has 36 heavy (non-hydrogen) atoms. The molecule has 1 fully saturated rings. The molecule has 0 bridgehead atoms. The second-order valence-corrected chi connectivity index (χ2v) is 8.84. The van der Waals surface area contributed by atoms with E-state index in [0.717, 1.165) is 16.2 Å². The van der Waals surface area contributed by atoms with Gasteiger partial charge < -0.3 is 14.4 Å². The Morgan fingerprint density at radius 1 is 1.06 bits per heavy atom. The van der Waals surface area contributed by atoms with Gasteiger partial charge in [-0.2, -0.15) is 0 Å². The van der Waals surface area contributed by atoms with Gasteiger partial charge >= 0.3 is 6.03 Å². The number of amides is 3. The molecule has 0 radical (unpaired) electrons. The number of aliphatic imine (C=N–C) groups is 1. The molecule has 3 amide bonds. The van der Waals surface area contributed by atoms with Crippen molar-refractivity contribution in [2.75, 3.05) is 26.2 Å². The zero-order chi connectivity index (χ0) is 25.7. The van der Waals surface area contributed by atoms with E-state index >= 15 is 0 Å². The zero-order valence-corrected chi connectivity index (χ0v) is 20.7. The van der Waals surface area contributed by atoms with Gasteiger partial charge in [-0.05, 0) is 26.0 Å². The Morgan fingerprint density at radius 2 is 1.78 bits per heavy atom. The number of carbonyl (C=O) groups excluding carboxylic acids is 3. The summed E-state index contributed by atoms with van der Waals surface area (Å²) in [5.41, 5.74) is 2.35. The molecule has 3 atom stereocenters. The topological polar surface area (TPSA) is 95.0 Å². The number of urea groups is 1. The van der Waals surface area contributed by atoms with E-state index in [2.05, 4.69) is 0 Å². The first-order valence-corrected chi connectivity index (χ1v) is 11.5. The molecule has 1 saturated heterocycles. The summed E-state index contributed by atoms with van der Waals surface area (Å²) in [5.74, 6) is 0.943. The largest absolute Gasteiger partial charge is 0.497 e. The molecule has 0 saturated carbocycles. The maximum absolute atomic E-state index is 13.7. The Bertz CT molecular complexity index is 1310. The Hall–Kier alpha value is -4.34. The van der Waals surface area contributed by atoms with E-state index in [1.807, 2.05) is 47.5 Å². The van der Waals surface area contributed by atoms with Crippen LogP contribution < -0.4 is 14.4 Å². The van der Waals surface area contributed by atoms with Crippen LogP contribution in [0.2, 0.25) is 0 Å². The lowest BCUT2D eigenvalue weighted by Gasteiger charge is -2.41. The predicted molar refractivity (Wildman–Crippen MR) is 133 cm³/mol. The van der Waals surface area contributed by atoms with Crippen molar-refractivity contribution in [2.45, 2.75) is 32.1 Å². The third kappa shape index (κ3) is 3.40. The fourth-order valence-corrected chi connectivity index (χ4v) is 4.76. The highest BCUT2D eigenvalue weighted by molar-refractivity contribution is 6.17. The van der Waals surface area contributed by atoms with E-state index in [4.69, 9.17) is 14.5 Å². The number of nitrogens with zero attached hydrogens (tertiary/aromatic N) is 5. The maximum atomic E-state index is 13.7. The summed E-state index contributed by atoms with van der Waals surface area (Å²) >= 11 is 0. The van der Waals surface area contributed by atoms with Gasteiger partial charge in [-0.25, -0.2) is 9.79 Å². The van der Waals surface area contributed by atoms with Crippen LogP contribution in [-0.4, -0.2) is 77.9 Å². The summed E-state index contributed by atoms with van der Waals surface area (Å²) < 4.78 is 11.1. The minimum Gasteiger partial charge on any atom is -0.497 e. The van der Waals surface area contributed by atoms with Gasteiger partial charge in [0.25, 0.3) is 5.91 Å². The lowest BCUT2D eigenvalue weighted by molar-refractivity contribution is -0.142. The number of methoxy groups -OCH3 is 2. The zero-order valence-electron chi connectivity index (χ0n) is 20.7. The molecule has 186 valence electrons.